The van der Waals surface area contributed by atoms with Crippen LogP contribution in [0.25, 0.3) is 0 Å². The molecule has 0 fully saturated rings. The van der Waals surface area contributed by atoms with E-state index in [1.54, 1.807) is 6.92 Å². The number of ether oxygens (including phenoxy) is 1. The van der Waals surface area contributed by atoms with Gasteiger partial charge in [0.2, 0.25) is 0 Å². The fraction of sp³-hybridized carbons (Fsp3) is 0.700. The average molecular weight is 206 g/mol. The number of rotatable bonds is 5. The number of halogens is 2. The van der Waals surface area contributed by atoms with Crippen molar-refractivity contribution in [2.75, 3.05) is 6.61 Å². The summed E-state index contributed by atoms with van der Waals surface area (Å²) in [4.78, 5) is 11.2. The van der Waals surface area contributed by atoms with Gasteiger partial charge in [0.25, 0.3) is 5.92 Å². The first kappa shape index (κ1) is 13.1. The minimum Gasteiger partial charge on any atom is -0.463 e. The molecule has 82 valence electrons. The van der Waals surface area contributed by atoms with Gasteiger partial charge < -0.3 is 4.74 Å². The summed E-state index contributed by atoms with van der Waals surface area (Å²) in [6, 6.07) is 0. The smallest absolute Gasteiger partial charge is 0.333 e. The van der Waals surface area contributed by atoms with Crippen molar-refractivity contribution in [2.45, 2.75) is 39.5 Å². The molecular weight excluding hydrogens is 190 g/mol. The fourth-order valence-electron chi connectivity index (χ4n) is 1.03. The molecule has 4 heteroatoms. The molecule has 0 radical (unpaired) electrons. The van der Waals surface area contributed by atoms with Gasteiger partial charge in [0.05, 0.1) is 6.61 Å². The molecule has 0 aromatic heterocycles. The largest absolute Gasteiger partial charge is 0.463 e. The SMILES string of the molecule is CCC/C(=C/C(C)(F)F)C(=O)OCC. The van der Waals surface area contributed by atoms with Crippen LogP contribution in [0.3, 0.4) is 0 Å². The molecule has 0 atom stereocenters. The highest BCUT2D eigenvalue weighted by molar-refractivity contribution is 5.88. The van der Waals surface area contributed by atoms with Gasteiger partial charge in [0, 0.05) is 12.5 Å². The van der Waals surface area contributed by atoms with E-state index < -0.39 is 11.9 Å². The molecule has 0 amide bonds. The Morgan fingerprint density at radius 3 is 2.36 bits per heavy atom. The van der Waals surface area contributed by atoms with Crippen molar-refractivity contribution in [1.29, 1.82) is 0 Å². The van der Waals surface area contributed by atoms with E-state index in [9.17, 15) is 13.6 Å². The van der Waals surface area contributed by atoms with Crippen LogP contribution in [0.2, 0.25) is 0 Å². The van der Waals surface area contributed by atoms with Crippen LogP contribution in [0.1, 0.15) is 33.6 Å². The van der Waals surface area contributed by atoms with Gasteiger partial charge in [-0.3, -0.25) is 0 Å². The predicted octanol–water partition coefficient (Wildman–Crippen LogP) is 2.93. The maximum atomic E-state index is 12.6. The van der Waals surface area contributed by atoms with E-state index in [4.69, 9.17) is 0 Å². The number of hydrogen-bond acceptors (Lipinski definition) is 2. The highest BCUT2D eigenvalue weighted by Gasteiger charge is 2.21. The van der Waals surface area contributed by atoms with Crippen molar-refractivity contribution < 1.29 is 18.3 Å². The molecule has 0 aromatic carbocycles. The van der Waals surface area contributed by atoms with Gasteiger partial charge in [-0.2, -0.15) is 0 Å². The van der Waals surface area contributed by atoms with Crippen LogP contribution in [0.5, 0.6) is 0 Å². The average Bonchev–Trinajstić information content (AvgIpc) is 2.01. The summed E-state index contributed by atoms with van der Waals surface area (Å²) in [6.07, 6.45) is 1.64. The Balaban J connectivity index is 4.58. The van der Waals surface area contributed by atoms with Gasteiger partial charge in [-0.15, -0.1) is 0 Å². The van der Waals surface area contributed by atoms with E-state index in [0.29, 0.717) is 18.9 Å². The van der Waals surface area contributed by atoms with E-state index in [1.807, 2.05) is 6.92 Å². The van der Waals surface area contributed by atoms with Gasteiger partial charge in [0.15, 0.2) is 0 Å². The maximum absolute atomic E-state index is 12.6. The third kappa shape index (κ3) is 5.67. The second-order valence-electron chi connectivity index (χ2n) is 3.10. The zero-order valence-electron chi connectivity index (χ0n) is 8.77. The van der Waals surface area contributed by atoms with E-state index in [2.05, 4.69) is 4.74 Å². The summed E-state index contributed by atoms with van der Waals surface area (Å²) >= 11 is 0. The molecule has 0 bridgehead atoms. The fourth-order valence-corrected chi connectivity index (χ4v) is 1.03. The van der Waals surface area contributed by atoms with E-state index in [0.717, 1.165) is 6.92 Å². The molecule has 0 saturated heterocycles. The molecular formula is C10H16F2O2. The predicted molar refractivity (Wildman–Crippen MR) is 50.2 cm³/mol. The Bertz CT molecular complexity index is 217. The molecule has 0 heterocycles. The molecule has 0 saturated carbocycles. The van der Waals surface area contributed by atoms with Crippen LogP contribution < -0.4 is 0 Å². The molecule has 0 aliphatic heterocycles. The Hall–Kier alpha value is -0.930. The van der Waals surface area contributed by atoms with E-state index in [-0.39, 0.29) is 12.2 Å². The van der Waals surface area contributed by atoms with Crippen molar-refractivity contribution in [3.05, 3.63) is 11.6 Å². The van der Waals surface area contributed by atoms with Crippen molar-refractivity contribution in [1.82, 2.24) is 0 Å². The molecule has 0 spiro atoms. The van der Waals surface area contributed by atoms with E-state index >= 15 is 0 Å². The number of hydrogen-bond donors (Lipinski definition) is 0. The second-order valence-corrected chi connectivity index (χ2v) is 3.10. The lowest BCUT2D eigenvalue weighted by Gasteiger charge is -2.09. The Morgan fingerprint density at radius 2 is 2.00 bits per heavy atom. The molecule has 0 unspecified atom stereocenters. The molecule has 0 aliphatic carbocycles. The van der Waals surface area contributed by atoms with Gasteiger partial charge in [-0.25, -0.2) is 13.6 Å². The highest BCUT2D eigenvalue weighted by Crippen LogP contribution is 2.19. The number of allylic oxidation sites excluding steroid dienone is 1. The first-order valence-electron chi connectivity index (χ1n) is 4.67. The Kier molecular flexibility index (Phi) is 5.35. The summed E-state index contributed by atoms with van der Waals surface area (Å²) in [7, 11) is 0. The van der Waals surface area contributed by atoms with Crippen molar-refractivity contribution in [3.8, 4) is 0 Å². The lowest BCUT2D eigenvalue weighted by molar-refractivity contribution is -0.138. The van der Waals surface area contributed by atoms with Crippen LogP contribution in [0.4, 0.5) is 8.78 Å². The molecule has 0 aromatic rings. The topological polar surface area (TPSA) is 26.3 Å². The normalized spacial score (nSPS) is 12.8. The summed E-state index contributed by atoms with van der Waals surface area (Å²) in [5.74, 6) is -3.60. The third-order valence-corrected chi connectivity index (χ3v) is 1.48. The number of alkyl halides is 2. The van der Waals surface area contributed by atoms with Crippen LogP contribution >= 0.6 is 0 Å². The zero-order chi connectivity index (χ0) is 11.2. The standard InChI is InChI=1S/C10H16F2O2/c1-4-6-8(7-10(3,11)12)9(13)14-5-2/h7H,4-6H2,1-3H3/b8-7-. The first-order valence-corrected chi connectivity index (χ1v) is 4.67. The Labute approximate surface area is 82.9 Å². The Morgan fingerprint density at radius 1 is 1.43 bits per heavy atom. The van der Waals surface area contributed by atoms with Crippen LogP contribution in [0.15, 0.2) is 11.6 Å². The highest BCUT2D eigenvalue weighted by atomic mass is 19.3. The van der Waals surface area contributed by atoms with Gasteiger partial charge in [-0.05, 0) is 19.4 Å². The number of carbonyl (C=O) groups is 1. The van der Waals surface area contributed by atoms with Crippen LogP contribution in [-0.4, -0.2) is 18.5 Å². The quantitative estimate of drug-likeness (QED) is 0.510. The summed E-state index contributed by atoms with van der Waals surface area (Å²) in [5, 5.41) is 0. The van der Waals surface area contributed by atoms with Crippen molar-refractivity contribution in [3.63, 3.8) is 0 Å². The summed E-state index contributed by atoms with van der Waals surface area (Å²) in [5.41, 5.74) is 0.0573. The lowest BCUT2D eigenvalue weighted by Crippen LogP contribution is -2.13. The maximum Gasteiger partial charge on any atom is 0.333 e. The van der Waals surface area contributed by atoms with Crippen molar-refractivity contribution in [2.24, 2.45) is 0 Å². The third-order valence-electron chi connectivity index (χ3n) is 1.48. The summed E-state index contributed by atoms with van der Waals surface area (Å²) < 4.78 is 29.9. The van der Waals surface area contributed by atoms with Crippen molar-refractivity contribution >= 4 is 5.97 Å². The molecule has 0 N–H and O–H groups in total. The van der Waals surface area contributed by atoms with Gasteiger partial charge >= 0.3 is 5.97 Å². The minimum atomic E-state index is -2.96. The molecule has 14 heavy (non-hydrogen) atoms. The van der Waals surface area contributed by atoms with Crippen LogP contribution in [0, 0.1) is 0 Å². The first-order chi connectivity index (χ1) is 6.40. The van der Waals surface area contributed by atoms with Gasteiger partial charge in [-0.1, -0.05) is 13.3 Å². The zero-order valence-corrected chi connectivity index (χ0v) is 8.77. The molecule has 0 rings (SSSR count). The lowest BCUT2D eigenvalue weighted by atomic mass is 10.1. The number of esters is 1. The van der Waals surface area contributed by atoms with Gasteiger partial charge in [0.1, 0.15) is 0 Å². The number of carbonyl (C=O) groups excluding carboxylic acids is 1. The molecule has 0 aliphatic rings. The summed E-state index contributed by atoms with van der Waals surface area (Å²) in [6.45, 7) is 4.42. The minimum absolute atomic E-state index is 0.0573. The second kappa shape index (κ2) is 5.73. The van der Waals surface area contributed by atoms with Crippen LogP contribution in [-0.2, 0) is 9.53 Å². The monoisotopic (exact) mass is 206 g/mol. The van der Waals surface area contributed by atoms with E-state index in [1.165, 1.54) is 0 Å². The molecule has 2 nitrogen and oxygen atoms in total.